The number of fused-ring (bicyclic) bond motifs is 1. The molecule has 1 amide bonds. The highest BCUT2D eigenvalue weighted by Crippen LogP contribution is 2.34. The fraction of sp³-hybridized carbons (Fsp3) is 0. The first-order chi connectivity index (χ1) is 9.58. The van der Waals surface area contributed by atoms with Gasteiger partial charge in [0.2, 0.25) is 5.76 Å². The van der Waals surface area contributed by atoms with Gasteiger partial charge in [0, 0.05) is 10.9 Å². The number of benzene rings is 2. The summed E-state index contributed by atoms with van der Waals surface area (Å²) in [5, 5.41) is 10.5. The van der Waals surface area contributed by atoms with E-state index in [1.807, 2.05) is 6.07 Å². The summed E-state index contributed by atoms with van der Waals surface area (Å²) in [6, 6.07) is 12.2. The number of carbonyl (C=O) groups excluding carboxylic acids is 1. The number of phenols is 1. The molecule has 0 aliphatic heterocycles. The number of carbonyl (C=O) groups is 1. The van der Waals surface area contributed by atoms with Crippen LogP contribution in [0.25, 0.3) is 22.1 Å². The highest BCUT2D eigenvalue weighted by Gasteiger charge is 2.16. The standard InChI is InChI=1S/C15H12N2O3/c16-13-10-7-8(9-3-1-2-4-11(9)18)5-6-12(10)20-14(13)15(17)19/h1-7,18H,16H2,(H2,17,19). The largest absolute Gasteiger partial charge is 0.507 e. The molecule has 5 N–H and O–H groups in total. The Labute approximate surface area is 114 Å². The first-order valence-electron chi connectivity index (χ1n) is 5.98. The molecule has 0 bridgehead atoms. The summed E-state index contributed by atoms with van der Waals surface area (Å²) < 4.78 is 5.32. The molecule has 2 aromatic carbocycles. The Morgan fingerprint density at radius 1 is 1.15 bits per heavy atom. The Hall–Kier alpha value is -2.95. The quantitative estimate of drug-likeness (QED) is 0.664. The van der Waals surface area contributed by atoms with Crippen LogP contribution in [-0.4, -0.2) is 11.0 Å². The van der Waals surface area contributed by atoms with Crippen LogP contribution in [0.2, 0.25) is 0 Å². The van der Waals surface area contributed by atoms with Crippen LogP contribution >= 0.6 is 0 Å². The van der Waals surface area contributed by atoms with E-state index in [0.29, 0.717) is 16.5 Å². The zero-order valence-electron chi connectivity index (χ0n) is 10.5. The molecule has 20 heavy (non-hydrogen) atoms. The highest BCUT2D eigenvalue weighted by atomic mass is 16.3. The number of amides is 1. The Balaban J connectivity index is 2.23. The summed E-state index contributed by atoms with van der Waals surface area (Å²) in [5.74, 6) is -0.582. The van der Waals surface area contributed by atoms with E-state index < -0.39 is 5.91 Å². The van der Waals surface area contributed by atoms with E-state index in [1.165, 1.54) is 0 Å². The molecule has 1 aromatic heterocycles. The van der Waals surface area contributed by atoms with Gasteiger partial charge in [-0.2, -0.15) is 0 Å². The number of furan rings is 1. The summed E-state index contributed by atoms with van der Waals surface area (Å²) >= 11 is 0. The number of hydrogen-bond acceptors (Lipinski definition) is 4. The van der Waals surface area contributed by atoms with Gasteiger partial charge in [-0.15, -0.1) is 0 Å². The van der Waals surface area contributed by atoms with Crippen LogP contribution in [0.5, 0.6) is 5.75 Å². The first-order valence-corrected chi connectivity index (χ1v) is 5.98. The van der Waals surface area contributed by atoms with Crippen LogP contribution in [0, 0.1) is 0 Å². The molecule has 0 saturated carbocycles. The smallest absolute Gasteiger partial charge is 0.286 e. The third-order valence-electron chi connectivity index (χ3n) is 3.17. The van der Waals surface area contributed by atoms with Crippen molar-refractivity contribution in [2.45, 2.75) is 0 Å². The maximum absolute atomic E-state index is 11.2. The highest BCUT2D eigenvalue weighted by molar-refractivity contribution is 6.05. The van der Waals surface area contributed by atoms with E-state index in [1.54, 1.807) is 36.4 Å². The summed E-state index contributed by atoms with van der Waals surface area (Å²) in [4.78, 5) is 11.2. The van der Waals surface area contributed by atoms with Gasteiger partial charge in [0.05, 0.1) is 5.69 Å². The van der Waals surface area contributed by atoms with Crippen molar-refractivity contribution in [3.8, 4) is 16.9 Å². The summed E-state index contributed by atoms with van der Waals surface area (Å²) in [5.41, 5.74) is 13.2. The number of para-hydroxylation sites is 1. The Morgan fingerprint density at radius 3 is 2.60 bits per heavy atom. The molecule has 100 valence electrons. The minimum atomic E-state index is -0.706. The van der Waals surface area contributed by atoms with Crippen LogP contribution in [0.4, 0.5) is 5.69 Å². The molecule has 0 aliphatic rings. The second kappa shape index (κ2) is 4.31. The van der Waals surface area contributed by atoms with Gasteiger partial charge in [0.1, 0.15) is 11.3 Å². The van der Waals surface area contributed by atoms with Gasteiger partial charge in [0.15, 0.2) is 0 Å². The molecule has 0 aliphatic carbocycles. The van der Waals surface area contributed by atoms with Gasteiger partial charge in [-0.1, -0.05) is 24.3 Å². The number of primary amides is 1. The van der Waals surface area contributed by atoms with Gasteiger partial charge in [-0.05, 0) is 23.8 Å². The van der Waals surface area contributed by atoms with Gasteiger partial charge in [-0.3, -0.25) is 4.79 Å². The van der Waals surface area contributed by atoms with Crippen molar-refractivity contribution in [3.63, 3.8) is 0 Å². The number of nitrogens with two attached hydrogens (primary N) is 2. The monoisotopic (exact) mass is 268 g/mol. The molecule has 5 nitrogen and oxygen atoms in total. The Bertz CT molecular complexity index is 821. The number of nitrogen functional groups attached to an aromatic ring is 1. The van der Waals surface area contributed by atoms with Crippen LogP contribution < -0.4 is 11.5 Å². The van der Waals surface area contributed by atoms with Gasteiger partial charge >= 0.3 is 0 Å². The number of hydrogen-bond donors (Lipinski definition) is 3. The first kappa shape index (κ1) is 12.1. The number of aromatic hydroxyl groups is 1. The van der Waals surface area contributed by atoms with Gasteiger partial charge in [0.25, 0.3) is 5.91 Å². The van der Waals surface area contributed by atoms with E-state index in [2.05, 4.69) is 0 Å². The SMILES string of the molecule is NC(=O)c1oc2ccc(-c3ccccc3O)cc2c1N. The molecule has 3 aromatic rings. The molecule has 5 heteroatoms. The van der Waals surface area contributed by atoms with E-state index in [0.717, 1.165) is 5.56 Å². The number of phenolic OH excluding ortho intramolecular Hbond substituents is 1. The molecule has 1 heterocycles. The summed E-state index contributed by atoms with van der Waals surface area (Å²) in [6.45, 7) is 0. The van der Waals surface area contributed by atoms with E-state index in [9.17, 15) is 9.90 Å². The third-order valence-corrected chi connectivity index (χ3v) is 3.17. The molecule has 0 fully saturated rings. The van der Waals surface area contributed by atoms with Crippen LogP contribution in [-0.2, 0) is 0 Å². The van der Waals surface area contributed by atoms with Crippen molar-refractivity contribution >= 4 is 22.6 Å². The lowest BCUT2D eigenvalue weighted by Crippen LogP contribution is -2.11. The zero-order chi connectivity index (χ0) is 14.3. The van der Waals surface area contributed by atoms with Gasteiger partial charge < -0.3 is 21.0 Å². The van der Waals surface area contributed by atoms with Crippen molar-refractivity contribution in [1.29, 1.82) is 0 Å². The second-order valence-corrected chi connectivity index (χ2v) is 4.44. The fourth-order valence-corrected chi connectivity index (χ4v) is 2.19. The van der Waals surface area contributed by atoms with Crippen molar-refractivity contribution in [1.82, 2.24) is 0 Å². The molecular formula is C15H12N2O3. The lowest BCUT2D eigenvalue weighted by Gasteiger charge is -2.04. The second-order valence-electron chi connectivity index (χ2n) is 4.44. The molecule has 3 rings (SSSR count). The van der Waals surface area contributed by atoms with Crippen molar-refractivity contribution in [2.75, 3.05) is 5.73 Å². The lowest BCUT2D eigenvalue weighted by molar-refractivity contribution is 0.0977. The molecule has 0 atom stereocenters. The van der Waals surface area contributed by atoms with E-state index in [4.69, 9.17) is 15.9 Å². The van der Waals surface area contributed by atoms with Crippen molar-refractivity contribution in [2.24, 2.45) is 5.73 Å². The average Bonchev–Trinajstić information content (AvgIpc) is 2.76. The maximum Gasteiger partial charge on any atom is 0.286 e. The minimum absolute atomic E-state index is 0.0468. The van der Waals surface area contributed by atoms with Crippen LogP contribution in [0.3, 0.4) is 0 Å². The summed E-state index contributed by atoms with van der Waals surface area (Å²) in [6.07, 6.45) is 0. The number of rotatable bonds is 2. The zero-order valence-corrected chi connectivity index (χ0v) is 10.5. The normalized spacial score (nSPS) is 10.8. The average molecular weight is 268 g/mol. The number of anilines is 1. The van der Waals surface area contributed by atoms with Gasteiger partial charge in [-0.25, -0.2) is 0 Å². The van der Waals surface area contributed by atoms with Crippen LogP contribution in [0.1, 0.15) is 10.6 Å². The Morgan fingerprint density at radius 2 is 1.90 bits per heavy atom. The van der Waals surface area contributed by atoms with Crippen LogP contribution in [0.15, 0.2) is 46.9 Å². The predicted octanol–water partition coefficient (Wildman–Crippen LogP) is 2.49. The summed E-state index contributed by atoms with van der Waals surface area (Å²) in [7, 11) is 0. The predicted molar refractivity (Wildman–Crippen MR) is 76.2 cm³/mol. The topological polar surface area (TPSA) is 102 Å². The molecule has 0 saturated heterocycles. The van der Waals surface area contributed by atoms with E-state index in [-0.39, 0.29) is 17.2 Å². The van der Waals surface area contributed by atoms with Crippen molar-refractivity contribution in [3.05, 3.63) is 48.2 Å². The third kappa shape index (κ3) is 1.76. The maximum atomic E-state index is 11.2. The molecular weight excluding hydrogens is 256 g/mol. The molecule has 0 unspecified atom stereocenters. The van der Waals surface area contributed by atoms with E-state index >= 15 is 0 Å². The fourth-order valence-electron chi connectivity index (χ4n) is 2.19. The Kier molecular flexibility index (Phi) is 2.61. The lowest BCUT2D eigenvalue weighted by atomic mass is 10.0. The molecule has 0 radical (unpaired) electrons. The minimum Gasteiger partial charge on any atom is -0.507 e. The molecule has 0 spiro atoms. The van der Waals surface area contributed by atoms with Crippen molar-refractivity contribution < 1.29 is 14.3 Å².